The molecular weight excluding hydrogens is 246 g/mol. The van der Waals surface area contributed by atoms with Gasteiger partial charge in [0.05, 0.1) is 0 Å². The molecule has 90 valence electrons. The van der Waals surface area contributed by atoms with Gasteiger partial charge in [0, 0.05) is 21.7 Å². The van der Waals surface area contributed by atoms with Crippen LogP contribution in [0.25, 0.3) is 22.3 Å². The van der Waals surface area contributed by atoms with Crippen LogP contribution in [0.1, 0.15) is 5.56 Å². The Morgan fingerprint density at radius 3 is 2.67 bits per heavy atom. The number of fused-ring (bicyclic) bond motifs is 1. The molecule has 18 heavy (non-hydrogen) atoms. The number of furan rings is 1. The molecule has 0 aliphatic heterocycles. The summed E-state index contributed by atoms with van der Waals surface area (Å²) >= 11 is 5.89. The standard InChI is InChI=1S/C15H12ClNO/c1-9-2-5-14-10(6-9)7-15(18-14)12-4-3-11(16)8-13(12)17/h2-8H,17H2,1H3. The van der Waals surface area contributed by atoms with Gasteiger partial charge in [-0.1, -0.05) is 23.2 Å². The lowest BCUT2D eigenvalue weighted by atomic mass is 10.1. The van der Waals surface area contributed by atoms with Crippen LogP contribution in [0, 0.1) is 6.92 Å². The molecule has 0 saturated carbocycles. The second-order valence-corrected chi connectivity index (χ2v) is 4.82. The highest BCUT2D eigenvalue weighted by molar-refractivity contribution is 6.31. The predicted molar refractivity (Wildman–Crippen MR) is 75.8 cm³/mol. The minimum Gasteiger partial charge on any atom is -0.456 e. The molecule has 0 aliphatic carbocycles. The van der Waals surface area contributed by atoms with E-state index in [1.165, 1.54) is 5.56 Å². The van der Waals surface area contributed by atoms with E-state index in [0.29, 0.717) is 10.7 Å². The Hall–Kier alpha value is -1.93. The monoisotopic (exact) mass is 257 g/mol. The zero-order chi connectivity index (χ0) is 12.7. The maximum atomic E-state index is 5.96. The topological polar surface area (TPSA) is 39.2 Å². The summed E-state index contributed by atoms with van der Waals surface area (Å²) in [7, 11) is 0. The number of hydrogen-bond acceptors (Lipinski definition) is 2. The van der Waals surface area contributed by atoms with Crippen LogP contribution < -0.4 is 5.73 Å². The Balaban J connectivity index is 2.19. The lowest BCUT2D eigenvalue weighted by molar-refractivity contribution is 0.632. The van der Waals surface area contributed by atoms with Gasteiger partial charge >= 0.3 is 0 Å². The van der Waals surface area contributed by atoms with Crippen LogP contribution in [0.3, 0.4) is 0 Å². The summed E-state index contributed by atoms with van der Waals surface area (Å²) in [6.07, 6.45) is 0. The minimum atomic E-state index is 0.623. The molecule has 0 fully saturated rings. The highest BCUT2D eigenvalue weighted by atomic mass is 35.5. The van der Waals surface area contributed by atoms with Gasteiger partial charge < -0.3 is 10.2 Å². The van der Waals surface area contributed by atoms with Crippen molar-refractivity contribution >= 4 is 28.3 Å². The number of rotatable bonds is 1. The number of nitrogens with two attached hydrogens (primary N) is 1. The smallest absolute Gasteiger partial charge is 0.137 e. The van der Waals surface area contributed by atoms with Gasteiger partial charge in [0.15, 0.2) is 0 Å². The largest absolute Gasteiger partial charge is 0.456 e. The van der Waals surface area contributed by atoms with Crippen molar-refractivity contribution in [1.82, 2.24) is 0 Å². The molecule has 0 aliphatic rings. The van der Waals surface area contributed by atoms with E-state index in [9.17, 15) is 0 Å². The Morgan fingerprint density at radius 2 is 1.89 bits per heavy atom. The fourth-order valence-electron chi connectivity index (χ4n) is 2.05. The van der Waals surface area contributed by atoms with Crippen LogP contribution in [0.2, 0.25) is 5.02 Å². The Labute approximate surface area is 110 Å². The first-order valence-corrected chi connectivity index (χ1v) is 6.07. The van der Waals surface area contributed by atoms with Crippen LogP contribution in [0.4, 0.5) is 5.69 Å². The summed E-state index contributed by atoms with van der Waals surface area (Å²) in [6.45, 7) is 2.06. The minimum absolute atomic E-state index is 0.623. The number of nitrogen functional groups attached to an aromatic ring is 1. The highest BCUT2D eigenvalue weighted by Crippen LogP contribution is 2.33. The van der Waals surface area contributed by atoms with E-state index in [-0.39, 0.29) is 0 Å². The molecule has 1 heterocycles. The first-order chi connectivity index (χ1) is 8.63. The van der Waals surface area contributed by atoms with Crippen LogP contribution >= 0.6 is 11.6 Å². The maximum absolute atomic E-state index is 5.96. The zero-order valence-electron chi connectivity index (χ0n) is 9.91. The van der Waals surface area contributed by atoms with E-state index >= 15 is 0 Å². The average molecular weight is 258 g/mol. The van der Waals surface area contributed by atoms with Gasteiger partial charge in [-0.25, -0.2) is 0 Å². The first-order valence-electron chi connectivity index (χ1n) is 5.69. The third-order valence-corrected chi connectivity index (χ3v) is 3.19. The van der Waals surface area contributed by atoms with Gasteiger partial charge in [0.2, 0.25) is 0 Å². The molecule has 0 spiro atoms. The normalized spacial score (nSPS) is 11.0. The second kappa shape index (κ2) is 4.07. The van der Waals surface area contributed by atoms with E-state index in [0.717, 1.165) is 22.3 Å². The summed E-state index contributed by atoms with van der Waals surface area (Å²) in [4.78, 5) is 0. The van der Waals surface area contributed by atoms with Gasteiger partial charge in [0.25, 0.3) is 0 Å². The van der Waals surface area contributed by atoms with Crippen LogP contribution in [-0.2, 0) is 0 Å². The van der Waals surface area contributed by atoms with Crippen LogP contribution in [0.15, 0.2) is 46.9 Å². The van der Waals surface area contributed by atoms with Crippen molar-refractivity contribution in [2.45, 2.75) is 6.92 Å². The fraction of sp³-hybridized carbons (Fsp3) is 0.0667. The number of anilines is 1. The molecule has 0 atom stereocenters. The van der Waals surface area contributed by atoms with Crippen LogP contribution in [-0.4, -0.2) is 0 Å². The van der Waals surface area contributed by atoms with Gasteiger partial charge in [-0.2, -0.15) is 0 Å². The number of halogens is 1. The maximum Gasteiger partial charge on any atom is 0.137 e. The average Bonchev–Trinajstić information content (AvgIpc) is 2.71. The van der Waals surface area contributed by atoms with Crippen molar-refractivity contribution in [1.29, 1.82) is 0 Å². The molecule has 3 rings (SSSR count). The molecule has 3 aromatic rings. The quantitative estimate of drug-likeness (QED) is 0.645. The molecule has 0 unspecified atom stereocenters. The van der Waals surface area contributed by atoms with Gasteiger partial charge in [0.1, 0.15) is 11.3 Å². The van der Waals surface area contributed by atoms with Crippen molar-refractivity contribution < 1.29 is 4.42 Å². The van der Waals surface area contributed by atoms with Gasteiger partial charge in [-0.3, -0.25) is 0 Å². The summed E-state index contributed by atoms with van der Waals surface area (Å²) < 4.78 is 5.81. The Kier molecular flexibility index (Phi) is 2.53. The van der Waals surface area contributed by atoms with E-state index in [1.807, 2.05) is 30.3 Å². The van der Waals surface area contributed by atoms with Crippen molar-refractivity contribution in [3.05, 3.63) is 53.1 Å². The first kappa shape index (κ1) is 11.2. The molecular formula is C15H12ClNO. The number of hydrogen-bond donors (Lipinski definition) is 1. The predicted octanol–water partition coefficient (Wildman–Crippen LogP) is 4.64. The van der Waals surface area contributed by atoms with Crippen molar-refractivity contribution in [2.24, 2.45) is 0 Å². The molecule has 0 saturated heterocycles. The lowest BCUT2D eigenvalue weighted by Gasteiger charge is -2.01. The van der Waals surface area contributed by atoms with E-state index in [2.05, 4.69) is 13.0 Å². The van der Waals surface area contributed by atoms with Crippen molar-refractivity contribution in [3.8, 4) is 11.3 Å². The van der Waals surface area contributed by atoms with E-state index in [4.69, 9.17) is 21.8 Å². The number of aryl methyl sites for hydroxylation is 1. The second-order valence-electron chi connectivity index (χ2n) is 4.38. The van der Waals surface area contributed by atoms with E-state index in [1.54, 1.807) is 6.07 Å². The van der Waals surface area contributed by atoms with E-state index < -0.39 is 0 Å². The molecule has 2 aromatic carbocycles. The lowest BCUT2D eigenvalue weighted by Crippen LogP contribution is -1.88. The van der Waals surface area contributed by atoms with Gasteiger partial charge in [-0.05, 0) is 43.3 Å². The third kappa shape index (κ3) is 1.85. The summed E-state index contributed by atoms with van der Waals surface area (Å²) in [5, 5.41) is 1.71. The van der Waals surface area contributed by atoms with Crippen LogP contribution in [0.5, 0.6) is 0 Å². The summed E-state index contributed by atoms with van der Waals surface area (Å²) in [5.74, 6) is 0.768. The molecule has 3 heteroatoms. The fourth-order valence-corrected chi connectivity index (χ4v) is 2.23. The van der Waals surface area contributed by atoms with Gasteiger partial charge in [-0.15, -0.1) is 0 Å². The molecule has 0 radical (unpaired) electrons. The Bertz CT molecular complexity index is 730. The molecule has 0 bridgehead atoms. The summed E-state index contributed by atoms with van der Waals surface area (Å²) in [6, 6.07) is 13.5. The Morgan fingerprint density at radius 1 is 1.06 bits per heavy atom. The molecule has 0 amide bonds. The molecule has 2 nitrogen and oxygen atoms in total. The molecule has 2 N–H and O–H groups in total. The number of benzene rings is 2. The van der Waals surface area contributed by atoms with Crippen molar-refractivity contribution in [2.75, 3.05) is 5.73 Å². The molecule has 1 aromatic heterocycles. The highest BCUT2D eigenvalue weighted by Gasteiger charge is 2.09. The summed E-state index contributed by atoms with van der Waals surface area (Å²) in [5.41, 5.74) is 9.53. The van der Waals surface area contributed by atoms with Crippen molar-refractivity contribution in [3.63, 3.8) is 0 Å². The third-order valence-electron chi connectivity index (χ3n) is 2.95. The zero-order valence-corrected chi connectivity index (χ0v) is 10.7. The SMILES string of the molecule is Cc1ccc2oc(-c3ccc(Cl)cc3N)cc2c1.